The Hall–Kier alpha value is -1.11. The highest BCUT2D eigenvalue weighted by molar-refractivity contribution is 7.89. The van der Waals surface area contributed by atoms with Crippen molar-refractivity contribution < 1.29 is 8.42 Å². The standard InChI is InChI=1S/C13H23N3O2S/c1-10-8-12(14-3)9-11(2)13(10)19(17,18)15-6-7-16(4)5/h8-9,14-15H,6-7H2,1-5H3. The van der Waals surface area contributed by atoms with Crippen LogP contribution in [0, 0.1) is 13.8 Å². The van der Waals surface area contributed by atoms with Crippen molar-refractivity contribution in [2.45, 2.75) is 18.7 Å². The van der Waals surface area contributed by atoms with Gasteiger partial charge < -0.3 is 10.2 Å². The predicted molar refractivity (Wildman–Crippen MR) is 79.2 cm³/mol. The Morgan fingerprint density at radius 2 is 1.68 bits per heavy atom. The molecule has 1 aromatic rings. The molecule has 0 bridgehead atoms. The van der Waals surface area contributed by atoms with E-state index in [2.05, 4.69) is 10.0 Å². The quantitative estimate of drug-likeness (QED) is 0.824. The van der Waals surface area contributed by atoms with Crippen LogP contribution in [0.1, 0.15) is 11.1 Å². The monoisotopic (exact) mass is 285 g/mol. The molecule has 0 unspecified atom stereocenters. The van der Waals surface area contributed by atoms with Gasteiger partial charge in [-0.15, -0.1) is 0 Å². The number of aryl methyl sites for hydroxylation is 2. The lowest BCUT2D eigenvalue weighted by molar-refractivity contribution is 0.412. The smallest absolute Gasteiger partial charge is 0.241 e. The molecular formula is C13H23N3O2S. The van der Waals surface area contributed by atoms with E-state index in [0.717, 1.165) is 16.8 Å². The molecule has 0 atom stereocenters. The van der Waals surface area contributed by atoms with Crippen molar-refractivity contribution in [2.24, 2.45) is 0 Å². The molecule has 19 heavy (non-hydrogen) atoms. The van der Waals surface area contributed by atoms with E-state index in [9.17, 15) is 8.42 Å². The number of hydrogen-bond donors (Lipinski definition) is 2. The van der Waals surface area contributed by atoms with E-state index in [1.54, 1.807) is 0 Å². The van der Waals surface area contributed by atoms with Gasteiger partial charge in [0, 0.05) is 25.8 Å². The first kappa shape index (κ1) is 15.9. The summed E-state index contributed by atoms with van der Waals surface area (Å²) in [5, 5.41) is 3.02. The van der Waals surface area contributed by atoms with Crippen molar-refractivity contribution in [1.29, 1.82) is 0 Å². The Labute approximate surface area is 116 Å². The molecule has 0 heterocycles. The molecule has 0 aliphatic carbocycles. The second-order valence-electron chi connectivity index (χ2n) is 4.89. The van der Waals surface area contributed by atoms with Crippen molar-refractivity contribution in [2.75, 3.05) is 39.5 Å². The molecule has 1 aromatic carbocycles. The maximum Gasteiger partial charge on any atom is 0.241 e. The van der Waals surface area contributed by atoms with Crippen LogP contribution in [0.4, 0.5) is 5.69 Å². The van der Waals surface area contributed by atoms with Gasteiger partial charge in [0.25, 0.3) is 0 Å². The van der Waals surface area contributed by atoms with Crippen molar-refractivity contribution >= 4 is 15.7 Å². The summed E-state index contributed by atoms with van der Waals surface area (Å²) in [6.07, 6.45) is 0. The third-order valence-electron chi connectivity index (χ3n) is 2.87. The van der Waals surface area contributed by atoms with Gasteiger partial charge in [-0.1, -0.05) is 0 Å². The molecule has 0 saturated heterocycles. The lowest BCUT2D eigenvalue weighted by atomic mass is 10.1. The SMILES string of the molecule is CNc1cc(C)c(S(=O)(=O)NCCN(C)C)c(C)c1. The van der Waals surface area contributed by atoms with Gasteiger partial charge in [0.1, 0.15) is 0 Å². The Kier molecular flexibility index (Phi) is 5.34. The molecule has 0 radical (unpaired) electrons. The van der Waals surface area contributed by atoms with Crippen LogP contribution >= 0.6 is 0 Å². The fourth-order valence-electron chi connectivity index (χ4n) is 1.99. The molecule has 0 fully saturated rings. The van der Waals surface area contributed by atoms with E-state index >= 15 is 0 Å². The van der Waals surface area contributed by atoms with Crippen LogP contribution in [0.3, 0.4) is 0 Å². The van der Waals surface area contributed by atoms with Crippen molar-refractivity contribution in [1.82, 2.24) is 9.62 Å². The highest BCUT2D eigenvalue weighted by atomic mass is 32.2. The minimum absolute atomic E-state index is 0.380. The van der Waals surface area contributed by atoms with E-state index in [-0.39, 0.29) is 0 Å². The van der Waals surface area contributed by atoms with Crippen LogP contribution in [0.2, 0.25) is 0 Å². The molecule has 0 spiro atoms. The third kappa shape index (κ3) is 4.19. The summed E-state index contributed by atoms with van der Waals surface area (Å²) in [7, 11) is 2.19. The minimum Gasteiger partial charge on any atom is -0.388 e. The molecule has 0 amide bonds. The van der Waals surface area contributed by atoms with Crippen molar-refractivity contribution in [3.63, 3.8) is 0 Å². The van der Waals surface area contributed by atoms with E-state index in [1.165, 1.54) is 0 Å². The van der Waals surface area contributed by atoms with Gasteiger partial charge in [0.15, 0.2) is 0 Å². The maximum absolute atomic E-state index is 12.3. The fraction of sp³-hybridized carbons (Fsp3) is 0.538. The predicted octanol–water partition coefficient (Wildman–Crippen LogP) is 1.19. The van der Waals surface area contributed by atoms with Gasteiger partial charge in [-0.2, -0.15) is 0 Å². The highest BCUT2D eigenvalue weighted by Gasteiger charge is 2.19. The van der Waals surface area contributed by atoms with Gasteiger partial charge in [-0.05, 0) is 51.2 Å². The van der Waals surface area contributed by atoms with Gasteiger partial charge in [0.05, 0.1) is 4.90 Å². The first-order valence-electron chi connectivity index (χ1n) is 6.21. The van der Waals surface area contributed by atoms with Crippen LogP contribution in [0.25, 0.3) is 0 Å². The molecular weight excluding hydrogens is 262 g/mol. The largest absolute Gasteiger partial charge is 0.388 e. The van der Waals surface area contributed by atoms with E-state index in [1.807, 2.05) is 52.0 Å². The van der Waals surface area contributed by atoms with Crippen molar-refractivity contribution in [3.8, 4) is 0 Å². The zero-order chi connectivity index (χ0) is 14.6. The fourth-order valence-corrected chi connectivity index (χ4v) is 3.46. The van der Waals surface area contributed by atoms with Gasteiger partial charge >= 0.3 is 0 Å². The molecule has 5 nitrogen and oxygen atoms in total. The van der Waals surface area contributed by atoms with Gasteiger partial charge in [0.2, 0.25) is 10.0 Å². The minimum atomic E-state index is -3.45. The first-order chi connectivity index (χ1) is 8.77. The van der Waals surface area contributed by atoms with E-state index in [4.69, 9.17) is 0 Å². The van der Waals surface area contributed by atoms with Gasteiger partial charge in [-0.25, -0.2) is 13.1 Å². The Morgan fingerprint density at radius 3 is 2.11 bits per heavy atom. The number of likely N-dealkylation sites (N-methyl/N-ethyl adjacent to an activating group) is 1. The number of nitrogens with zero attached hydrogens (tertiary/aromatic N) is 1. The van der Waals surface area contributed by atoms with Crippen LogP contribution in [0.15, 0.2) is 17.0 Å². The Morgan fingerprint density at radius 1 is 1.16 bits per heavy atom. The Balaban J connectivity index is 3.01. The molecule has 2 N–H and O–H groups in total. The average Bonchev–Trinajstić information content (AvgIpc) is 2.26. The zero-order valence-corrected chi connectivity index (χ0v) is 13.1. The molecule has 0 aliphatic rings. The summed E-state index contributed by atoms with van der Waals surface area (Å²) in [5.41, 5.74) is 2.42. The molecule has 1 rings (SSSR count). The highest BCUT2D eigenvalue weighted by Crippen LogP contribution is 2.23. The summed E-state index contributed by atoms with van der Waals surface area (Å²) in [4.78, 5) is 2.32. The van der Waals surface area contributed by atoms with Crippen LogP contribution in [0.5, 0.6) is 0 Å². The van der Waals surface area contributed by atoms with Crippen molar-refractivity contribution in [3.05, 3.63) is 23.3 Å². The second kappa shape index (κ2) is 6.36. The molecule has 108 valence electrons. The molecule has 6 heteroatoms. The van der Waals surface area contributed by atoms with E-state index in [0.29, 0.717) is 18.0 Å². The number of rotatable bonds is 6. The summed E-state index contributed by atoms with van der Waals surface area (Å²) in [6, 6.07) is 3.68. The summed E-state index contributed by atoms with van der Waals surface area (Å²) in [6.45, 7) is 4.70. The van der Waals surface area contributed by atoms with Crippen LogP contribution in [-0.2, 0) is 10.0 Å². The maximum atomic E-state index is 12.3. The molecule has 0 aromatic heterocycles. The van der Waals surface area contributed by atoms with Gasteiger partial charge in [-0.3, -0.25) is 0 Å². The molecule has 0 aliphatic heterocycles. The zero-order valence-electron chi connectivity index (χ0n) is 12.2. The number of sulfonamides is 1. The first-order valence-corrected chi connectivity index (χ1v) is 7.69. The lowest BCUT2D eigenvalue weighted by Crippen LogP contribution is -2.32. The average molecular weight is 285 g/mol. The van der Waals surface area contributed by atoms with Crippen LogP contribution < -0.4 is 10.0 Å². The number of anilines is 1. The number of benzene rings is 1. The topological polar surface area (TPSA) is 61.4 Å². The lowest BCUT2D eigenvalue weighted by Gasteiger charge is -2.15. The molecule has 0 saturated carbocycles. The second-order valence-corrected chi connectivity index (χ2v) is 6.59. The normalized spacial score (nSPS) is 11.9. The Bertz CT molecular complexity index is 516. The van der Waals surface area contributed by atoms with E-state index < -0.39 is 10.0 Å². The summed E-state index contributed by atoms with van der Waals surface area (Å²) in [5.74, 6) is 0. The number of hydrogen-bond acceptors (Lipinski definition) is 4. The third-order valence-corrected chi connectivity index (χ3v) is 4.63. The summed E-state index contributed by atoms with van der Waals surface area (Å²) < 4.78 is 27.2. The van der Waals surface area contributed by atoms with Crippen LogP contribution in [-0.4, -0.2) is 47.6 Å². The summed E-state index contributed by atoms with van der Waals surface area (Å²) >= 11 is 0. The number of nitrogens with one attached hydrogen (secondary N) is 2.